The topological polar surface area (TPSA) is 76.0 Å². The Morgan fingerprint density at radius 1 is 1.43 bits per heavy atom. The Balaban J connectivity index is 1.69. The van der Waals surface area contributed by atoms with Gasteiger partial charge in [-0.15, -0.1) is 11.3 Å². The van der Waals surface area contributed by atoms with Crippen molar-refractivity contribution in [2.24, 2.45) is 5.92 Å². The summed E-state index contributed by atoms with van der Waals surface area (Å²) in [7, 11) is 0. The van der Waals surface area contributed by atoms with Crippen molar-refractivity contribution in [1.82, 2.24) is 20.4 Å². The highest BCUT2D eigenvalue weighted by Gasteiger charge is 2.23. The molecule has 2 N–H and O–H groups in total. The average molecular weight is 334 g/mol. The molecule has 2 amide bonds. The van der Waals surface area contributed by atoms with Crippen LogP contribution in [0.3, 0.4) is 0 Å². The number of aromatic nitrogens is 2. The molecule has 0 aromatic carbocycles. The molecule has 0 aliphatic heterocycles. The van der Waals surface area contributed by atoms with Gasteiger partial charge in [-0.05, 0) is 31.7 Å². The van der Waals surface area contributed by atoms with E-state index < -0.39 is 0 Å². The van der Waals surface area contributed by atoms with Crippen molar-refractivity contribution in [2.75, 3.05) is 6.54 Å². The highest BCUT2D eigenvalue weighted by molar-refractivity contribution is 7.20. The van der Waals surface area contributed by atoms with Crippen LogP contribution < -0.4 is 10.6 Å². The second-order valence-electron chi connectivity index (χ2n) is 6.52. The number of thiophene rings is 1. The molecule has 124 valence electrons. The number of aryl methyl sites for hydroxylation is 1. The Kier molecular flexibility index (Phi) is 4.39. The molecule has 0 spiro atoms. The number of nitrogens with one attached hydrogen (secondary N) is 2. The van der Waals surface area contributed by atoms with E-state index >= 15 is 0 Å². The van der Waals surface area contributed by atoms with Gasteiger partial charge in [0.05, 0.1) is 17.1 Å². The molecule has 6 nitrogen and oxygen atoms in total. The molecule has 0 atom stereocenters. The van der Waals surface area contributed by atoms with Gasteiger partial charge < -0.3 is 10.6 Å². The number of carbonyl (C=O) groups is 2. The van der Waals surface area contributed by atoms with Gasteiger partial charge in [0.25, 0.3) is 5.91 Å². The van der Waals surface area contributed by atoms with E-state index in [1.165, 1.54) is 11.3 Å². The quantitative estimate of drug-likeness (QED) is 0.849. The summed E-state index contributed by atoms with van der Waals surface area (Å²) in [5, 5.41) is 11.1. The molecule has 1 aliphatic rings. The number of rotatable bonds is 6. The fraction of sp³-hybridized carbons (Fsp3) is 0.562. The maximum Gasteiger partial charge on any atom is 0.261 e. The van der Waals surface area contributed by atoms with Gasteiger partial charge in [-0.1, -0.05) is 13.8 Å². The molecule has 1 saturated carbocycles. The maximum atomic E-state index is 12.3. The third kappa shape index (κ3) is 3.72. The lowest BCUT2D eigenvalue weighted by atomic mass is 10.2. The van der Waals surface area contributed by atoms with Gasteiger partial charge in [0.2, 0.25) is 5.91 Å². The average Bonchev–Trinajstić information content (AvgIpc) is 3.09. The fourth-order valence-corrected chi connectivity index (χ4v) is 3.54. The van der Waals surface area contributed by atoms with Crippen molar-refractivity contribution in [3.63, 3.8) is 0 Å². The normalized spacial score (nSPS) is 14.4. The summed E-state index contributed by atoms with van der Waals surface area (Å²) >= 11 is 1.43. The Morgan fingerprint density at radius 3 is 2.83 bits per heavy atom. The summed E-state index contributed by atoms with van der Waals surface area (Å²) < 4.78 is 1.97. The molecule has 0 unspecified atom stereocenters. The molecule has 7 heteroatoms. The summed E-state index contributed by atoms with van der Waals surface area (Å²) in [6.45, 7) is 7.10. The molecule has 1 aliphatic carbocycles. The number of fused-ring (bicyclic) bond motifs is 1. The minimum atomic E-state index is -0.201. The Labute approximate surface area is 139 Å². The first-order chi connectivity index (χ1) is 10.9. The van der Waals surface area contributed by atoms with Gasteiger partial charge in [0, 0.05) is 18.0 Å². The van der Waals surface area contributed by atoms with Crippen LogP contribution in [-0.2, 0) is 11.3 Å². The van der Waals surface area contributed by atoms with Gasteiger partial charge in [-0.25, -0.2) is 0 Å². The lowest BCUT2D eigenvalue weighted by Crippen LogP contribution is -2.37. The standard InChI is InChI=1S/C16H22N4O2S/c1-9(2)8-20-16-12(10(3)19-20)6-13(23-16)15(22)17-7-14(21)18-11-4-5-11/h6,9,11H,4-5,7-8H2,1-3H3,(H,17,22)(H,18,21). The zero-order valence-electron chi connectivity index (χ0n) is 13.7. The highest BCUT2D eigenvalue weighted by Crippen LogP contribution is 2.28. The van der Waals surface area contributed by atoms with Crippen LogP contribution in [0.4, 0.5) is 0 Å². The Morgan fingerprint density at radius 2 is 2.17 bits per heavy atom. The molecule has 0 saturated heterocycles. The summed E-state index contributed by atoms with van der Waals surface area (Å²) in [4.78, 5) is 25.5. The summed E-state index contributed by atoms with van der Waals surface area (Å²) in [6.07, 6.45) is 2.09. The van der Waals surface area contributed by atoms with Gasteiger partial charge >= 0.3 is 0 Å². The van der Waals surface area contributed by atoms with Crippen molar-refractivity contribution < 1.29 is 9.59 Å². The van der Waals surface area contributed by atoms with E-state index in [0.29, 0.717) is 16.8 Å². The molecule has 2 aromatic heterocycles. The minimum Gasteiger partial charge on any atom is -0.352 e. The van der Waals surface area contributed by atoms with E-state index in [1.54, 1.807) is 0 Å². The molecular weight excluding hydrogens is 312 g/mol. The predicted octanol–water partition coefficient (Wildman–Crippen LogP) is 2.07. The largest absolute Gasteiger partial charge is 0.352 e. The van der Waals surface area contributed by atoms with Crippen LogP contribution in [-0.4, -0.2) is 34.2 Å². The van der Waals surface area contributed by atoms with Crippen molar-refractivity contribution in [2.45, 2.75) is 46.2 Å². The van der Waals surface area contributed by atoms with E-state index in [4.69, 9.17) is 0 Å². The first-order valence-electron chi connectivity index (χ1n) is 7.98. The predicted molar refractivity (Wildman–Crippen MR) is 90.7 cm³/mol. The smallest absolute Gasteiger partial charge is 0.261 e. The lowest BCUT2D eigenvalue weighted by Gasteiger charge is -2.05. The maximum absolute atomic E-state index is 12.3. The highest BCUT2D eigenvalue weighted by atomic mass is 32.1. The molecule has 0 radical (unpaired) electrons. The monoisotopic (exact) mass is 334 g/mol. The zero-order valence-corrected chi connectivity index (χ0v) is 14.5. The van der Waals surface area contributed by atoms with Crippen LogP contribution in [0, 0.1) is 12.8 Å². The van der Waals surface area contributed by atoms with Gasteiger partial charge in [0.1, 0.15) is 4.83 Å². The third-order valence-corrected chi connectivity index (χ3v) is 4.87. The molecule has 0 bridgehead atoms. The molecule has 1 fully saturated rings. The number of amides is 2. The zero-order chi connectivity index (χ0) is 16.6. The van der Waals surface area contributed by atoms with Crippen molar-refractivity contribution >= 4 is 33.4 Å². The van der Waals surface area contributed by atoms with Crippen LogP contribution in [0.2, 0.25) is 0 Å². The summed E-state index contributed by atoms with van der Waals surface area (Å²) in [5.74, 6) is 0.166. The lowest BCUT2D eigenvalue weighted by molar-refractivity contribution is -0.120. The molecular formula is C16H22N4O2S. The number of nitrogens with zero attached hydrogens (tertiary/aromatic N) is 2. The Bertz CT molecular complexity index is 743. The number of hydrogen-bond acceptors (Lipinski definition) is 4. The van der Waals surface area contributed by atoms with Gasteiger partial charge in [-0.3, -0.25) is 14.3 Å². The van der Waals surface area contributed by atoms with E-state index in [2.05, 4.69) is 29.6 Å². The van der Waals surface area contributed by atoms with Crippen LogP contribution in [0.1, 0.15) is 42.1 Å². The first kappa shape index (κ1) is 16.0. The van der Waals surface area contributed by atoms with E-state index in [-0.39, 0.29) is 18.4 Å². The van der Waals surface area contributed by atoms with E-state index in [1.807, 2.05) is 17.7 Å². The fourth-order valence-electron chi connectivity index (χ4n) is 2.45. The van der Waals surface area contributed by atoms with Crippen molar-refractivity contribution in [3.8, 4) is 0 Å². The Hall–Kier alpha value is -1.89. The van der Waals surface area contributed by atoms with E-state index in [9.17, 15) is 9.59 Å². The number of carbonyl (C=O) groups excluding carboxylic acids is 2. The van der Waals surface area contributed by atoms with Crippen LogP contribution in [0.5, 0.6) is 0 Å². The molecule has 3 rings (SSSR count). The second kappa shape index (κ2) is 6.31. The summed E-state index contributed by atoms with van der Waals surface area (Å²) in [6, 6.07) is 2.18. The van der Waals surface area contributed by atoms with Gasteiger partial charge in [0.15, 0.2) is 0 Å². The van der Waals surface area contributed by atoms with Gasteiger partial charge in [-0.2, -0.15) is 5.10 Å². The first-order valence-corrected chi connectivity index (χ1v) is 8.80. The van der Waals surface area contributed by atoms with Crippen LogP contribution in [0.25, 0.3) is 10.2 Å². The molecule has 2 heterocycles. The molecule has 2 aromatic rings. The molecule has 23 heavy (non-hydrogen) atoms. The third-order valence-electron chi connectivity index (χ3n) is 3.72. The van der Waals surface area contributed by atoms with Crippen LogP contribution >= 0.6 is 11.3 Å². The second-order valence-corrected chi connectivity index (χ2v) is 7.55. The van der Waals surface area contributed by atoms with Crippen molar-refractivity contribution in [1.29, 1.82) is 0 Å². The summed E-state index contributed by atoms with van der Waals surface area (Å²) in [5.41, 5.74) is 0.933. The SMILES string of the molecule is Cc1nn(CC(C)C)c2sc(C(=O)NCC(=O)NC3CC3)cc12. The van der Waals surface area contributed by atoms with Crippen LogP contribution in [0.15, 0.2) is 6.07 Å². The van der Waals surface area contributed by atoms with Crippen molar-refractivity contribution in [3.05, 3.63) is 16.6 Å². The number of hydrogen-bond donors (Lipinski definition) is 2. The van der Waals surface area contributed by atoms with E-state index in [0.717, 1.165) is 35.3 Å². The minimum absolute atomic E-state index is 0.0285.